The number of methoxy groups -OCH3 is 2. The van der Waals surface area contributed by atoms with Crippen LogP contribution in [0.2, 0.25) is 0 Å². The van der Waals surface area contributed by atoms with E-state index in [0.717, 1.165) is 16.7 Å². The molecule has 0 amide bonds. The van der Waals surface area contributed by atoms with Crippen molar-refractivity contribution in [1.82, 2.24) is 0 Å². The molecular weight excluding hydrogens is 336 g/mol. The van der Waals surface area contributed by atoms with Gasteiger partial charge in [0.15, 0.2) is 11.5 Å². The molecule has 1 aliphatic rings. The van der Waals surface area contributed by atoms with Gasteiger partial charge in [-0.25, -0.2) is 4.79 Å². The second-order valence-corrected chi connectivity index (χ2v) is 6.73. The van der Waals surface area contributed by atoms with Crippen LogP contribution in [0.15, 0.2) is 30.3 Å². The quantitative estimate of drug-likeness (QED) is 0.800. The minimum atomic E-state index is -1.01. The van der Waals surface area contributed by atoms with Gasteiger partial charge in [0.05, 0.1) is 25.4 Å². The van der Waals surface area contributed by atoms with Gasteiger partial charge in [-0.2, -0.15) is 0 Å². The van der Waals surface area contributed by atoms with Crippen LogP contribution in [-0.4, -0.2) is 37.5 Å². The maximum atomic E-state index is 11.7. The molecule has 0 saturated heterocycles. The minimum absolute atomic E-state index is 0.0794. The highest BCUT2D eigenvalue weighted by Crippen LogP contribution is 2.45. The average Bonchev–Trinajstić information content (AvgIpc) is 2.98. The van der Waals surface area contributed by atoms with E-state index < -0.39 is 5.60 Å². The van der Waals surface area contributed by atoms with Crippen LogP contribution in [0.1, 0.15) is 29.8 Å². The van der Waals surface area contributed by atoms with E-state index in [2.05, 4.69) is 0 Å². The van der Waals surface area contributed by atoms with Gasteiger partial charge < -0.3 is 24.1 Å². The highest BCUT2D eigenvalue weighted by Gasteiger charge is 2.24. The number of fused-ring (bicyclic) bond motifs is 1. The second-order valence-electron chi connectivity index (χ2n) is 6.73. The Morgan fingerprint density at radius 2 is 1.81 bits per heavy atom. The maximum absolute atomic E-state index is 11.7. The lowest BCUT2D eigenvalue weighted by atomic mass is 9.99. The van der Waals surface area contributed by atoms with E-state index in [0.29, 0.717) is 22.8 Å². The normalized spacial score (nSPS) is 13.2. The zero-order valence-corrected chi connectivity index (χ0v) is 15.3. The SMILES string of the molecule is COc1ccc(-c2ccc3c(c2)COC3=O)c(OCC(C)(C)O)c1OC. The highest BCUT2D eigenvalue weighted by atomic mass is 16.5. The van der Waals surface area contributed by atoms with Crippen LogP contribution < -0.4 is 14.2 Å². The van der Waals surface area contributed by atoms with E-state index in [9.17, 15) is 9.90 Å². The molecule has 0 atom stereocenters. The molecule has 1 aliphatic heterocycles. The Hall–Kier alpha value is -2.73. The number of carbonyl (C=O) groups excluding carboxylic acids is 1. The number of esters is 1. The summed E-state index contributed by atoms with van der Waals surface area (Å²) in [7, 11) is 3.09. The van der Waals surface area contributed by atoms with Crippen molar-refractivity contribution in [3.8, 4) is 28.4 Å². The first-order valence-electron chi connectivity index (χ1n) is 8.24. The lowest BCUT2D eigenvalue weighted by molar-refractivity contribution is 0.0277. The molecule has 0 unspecified atom stereocenters. The first-order chi connectivity index (χ1) is 12.3. The molecule has 0 aliphatic carbocycles. The molecule has 0 radical (unpaired) electrons. The predicted molar refractivity (Wildman–Crippen MR) is 95.9 cm³/mol. The topological polar surface area (TPSA) is 74.2 Å². The summed E-state index contributed by atoms with van der Waals surface area (Å²) in [6, 6.07) is 9.14. The summed E-state index contributed by atoms with van der Waals surface area (Å²) >= 11 is 0. The van der Waals surface area contributed by atoms with Gasteiger partial charge in [0, 0.05) is 11.1 Å². The average molecular weight is 358 g/mol. The molecule has 26 heavy (non-hydrogen) atoms. The molecule has 0 saturated carbocycles. The fraction of sp³-hybridized carbons (Fsp3) is 0.350. The number of ether oxygens (including phenoxy) is 4. The molecule has 1 heterocycles. The standard InChI is InChI=1S/C20H22O6/c1-20(2,22)11-26-17-14(7-8-16(23-3)18(17)24-4)12-5-6-15-13(9-12)10-25-19(15)21/h5-9,22H,10-11H2,1-4H3. The third-order valence-electron chi connectivity index (χ3n) is 4.06. The van der Waals surface area contributed by atoms with Crippen molar-refractivity contribution in [1.29, 1.82) is 0 Å². The van der Waals surface area contributed by atoms with Gasteiger partial charge in [0.25, 0.3) is 0 Å². The van der Waals surface area contributed by atoms with Gasteiger partial charge in [0.1, 0.15) is 13.2 Å². The summed E-state index contributed by atoms with van der Waals surface area (Å²) in [4.78, 5) is 11.7. The number of rotatable bonds is 6. The van der Waals surface area contributed by atoms with Crippen molar-refractivity contribution < 1.29 is 28.8 Å². The fourth-order valence-corrected chi connectivity index (χ4v) is 2.82. The molecule has 1 N–H and O–H groups in total. The van der Waals surface area contributed by atoms with Gasteiger partial charge in [-0.15, -0.1) is 0 Å². The number of carbonyl (C=O) groups is 1. The Morgan fingerprint density at radius 1 is 1.08 bits per heavy atom. The molecule has 0 spiro atoms. The van der Waals surface area contributed by atoms with Crippen molar-refractivity contribution >= 4 is 5.97 Å². The largest absolute Gasteiger partial charge is 0.493 e. The van der Waals surface area contributed by atoms with Gasteiger partial charge >= 0.3 is 5.97 Å². The summed E-state index contributed by atoms with van der Waals surface area (Å²) in [5, 5.41) is 10.0. The van der Waals surface area contributed by atoms with Crippen LogP contribution in [0.5, 0.6) is 17.2 Å². The Bertz CT molecular complexity index is 835. The van der Waals surface area contributed by atoms with Gasteiger partial charge in [-0.1, -0.05) is 6.07 Å². The third-order valence-corrected chi connectivity index (χ3v) is 4.06. The Morgan fingerprint density at radius 3 is 2.46 bits per heavy atom. The molecule has 0 aromatic heterocycles. The van der Waals surface area contributed by atoms with Crippen LogP contribution >= 0.6 is 0 Å². The third kappa shape index (κ3) is 3.46. The maximum Gasteiger partial charge on any atom is 0.338 e. The van der Waals surface area contributed by atoms with Crippen LogP contribution in [-0.2, 0) is 11.3 Å². The van der Waals surface area contributed by atoms with Crippen molar-refractivity contribution in [2.24, 2.45) is 0 Å². The monoisotopic (exact) mass is 358 g/mol. The summed E-state index contributed by atoms with van der Waals surface area (Å²) in [6.07, 6.45) is 0. The van der Waals surface area contributed by atoms with E-state index in [1.807, 2.05) is 18.2 Å². The van der Waals surface area contributed by atoms with Crippen LogP contribution in [0.4, 0.5) is 0 Å². The second kappa shape index (κ2) is 6.88. The molecule has 2 aromatic rings. The van der Waals surface area contributed by atoms with Crippen molar-refractivity contribution in [2.75, 3.05) is 20.8 Å². The fourth-order valence-electron chi connectivity index (χ4n) is 2.82. The van der Waals surface area contributed by atoms with E-state index in [1.54, 1.807) is 33.1 Å². The van der Waals surface area contributed by atoms with Gasteiger partial charge in [-0.05, 0) is 43.7 Å². The number of cyclic esters (lactones) is 1. The summed E-state index contributed by atoms with van der Waals surface area (Å²) in [6.45, 7) is 3.67. The molecule has 138 valence electrons. The summed E-state index contributed by atoms with van der Waals surface area (Å²) < 4.78 is 21.8. The van der Waals surface area contributed by atoms with Crippen molar-refractivity contribution in [3.63, 3.8) is 0 Å². The lowest BCUT2D eigenvalue weighted by Gasteiger charge is -2.22. The zero-order valence-electron chi connectivity index (χ0n) is 15.3. The highest BCUT2D eigenvalue weighted by molar-refractivity contribution is 5.94. The van der Waals surface area contributed by atoms with Crippen LogP contribution in [0, 0.1) is 0 Å². The Kier molecular flexibility index (Phi) is 4.78. The van der Waals surface area contributed by atoms with Gasteiger partial charge in [-0.3, -0.25) is 0 Å². The van der Waals surface area contributed by atoms with E-state index in [1.165, 1.54) is 7.11 Å². The number of hydrogen-bond donors (Lipinski definition) is 1. The van der Waals surface area contributed by atoms with Crippen molar-refractivity contribution in [3.05, 3.63) is 41.5 Å². The molecule has 0 fully saturated rings. The summed E-state index contributed by atoms with van der Waals surface area (Å²) in [5.74, 6) is 1.14. The number of hydrogen-bond acceptors (Lipinski definition) is 6. The van der Waals surface area contributed by atoms with Crippen LogP contribution in [0.3, 0.4) is 0 Å². The van der Waals surface area contributed by atoms with Crippen LogP contribution in [0.25, 0.3) is 11.1 Å². The van der Waals surface area contributed by atoms with Gasteiger partial charge in [0.2, 0.25) is 5.75 Å². The molecule has 3 rings (SSSR count). The molecule has 6 heteroatoms. The molecule has 2 aromatic carbocycles. The van der Waals surface area contributed by atoms with E-state index in [4.69, 9.17) is 18.9 Å². The molecule has 6 nitrogen and oxygen atoms in total. The molecular formula is C20H22O6. The smallest absolute Gasteiger partial charge is 0.338 e. The Balaban J connectivity index is 2.10. The minimum Gasteiger partial charge on any atom is -0.493 e. The zero-order chi connectivity index (χ0) is 18.9. The summed E-state index contributed by atoms with van der Waals surface area (Å²) in [5.41, 5.74) is 2.02. The van der Waals surface area contributed by atoms with E-state index >= 15 is 0 Å². The predicted octanol–water partition coefficient (Wildman–Crippen LogP) is 3.19. The van der Waals surface area contributed by atoms with E-state index in [-0.39, 0.29) is 19.2 Å². The molecule has 0 bridgehead atoms. The first kappa shape index (κ1) is 18.1. The number of benzene rings is 2. The lowest BCUT2D eigenvalue weighted by Crippen LogP contribution is -2.28. The number of aliphatic hydroxyl groups is 1. The Labute approximate surface area is 152 Å². The first-order valence-corrected chi connectivity index (χ1v) is 8.24. The van der Waals surface area contributed by atoms with Crippen molar-refractivity contribution in [2.45, 2.75) is 26.1 Å².